The number of H-pyrrole nitrogens is 1. The van der Waals surface area contributed by atoms with Crippen LogP contribution in [0, 0.1) is 0 Å². The van der Waals surface area contributed by atoms with E-state index in [-0.39, 0.29) is 17.8 Å². The van der Waals surface area contributed by atoms with E-state index in [9.17, 15) is 9.59 Å². The van der Waals surface area contributed by atoms with Crippen molar-refractivity contribution in [3.8, 4) is 0 Å². The third kappa shape index (κ3) is 5.40. The lowest BCUT2D eigenvalue weighted by molar-refractivity contribution is 0.0706. The van der Waals surface area contributed by atoms with Crippen molar-refractivity contribution >= 4 is 0 Å². The van der Waals surface area contributed by atoms with E-state index in [0.29, 0.717) is 6.61 Å². The minimum Gasteiger partial charge on any atom is -0.361 e. The van der Waals surface area contributed by atoms with E-state index in [1.54, 1.807) is 0 Å². The molecule has 0 aliphatic heterocycles. The van der Waals surface area contributed by atoms with Gasteiger partial charge in [-0.15, -0.1) is 0 Å². The second-order valence-corrected chi connectivity index (χ2v) is 7.26. The number of hydrogen-bond acceptors (Lipinski definition) is 4. The quantitative estimate of drug-likeness (QED) is 0.630. The summed E-state index contributed by atoms with van der Waals surface area (Å²) in [5, 5.41) is 3.82. The lowest BCUT2D eigenvalue weighted by Crippen LogP contribution is -2.40. The summed E-state index contributed by atoms with van der Waals surface area (Å²) in [6.07, 6.45) is 9.62. The Morgan fingerprint density at radius 2 is 1.81 bits per heavy atom. The van der Waals surface area contributed by atoms with E-state index in [1.807, 2.05) is 0 Å². The molecule has 6 nitrogen and oxygen atoms in total. The van der Waals surface area contributed by atoms with Crippen molar-refractivity contribution in [2.45, 2.75) is 57.2 Å². The van der Waals surface area contributed by atoms with Gasteiger partial charge in [-0.25, -0.2) is 4.79 Å². The van der Waals surface area contributed by atoms with Gasteiger partial charge in [0.25, 0.3) is 5.56 Å². The molecule has 2 aromatic rings. The summed E-state index contributed by atoms with van der Waals surface area (Å²) in [6.45, 7) is 1.79. The van der Waals surface area contributed by atoms with E-state index in [0.717, 1.165) is 25.8 Å². The van der Waals surface area contributed by atoms with Gasteiger partial charge in [0.15, 0.2) is 0 Å². The number of ether oxygens (including phenoxy) is 1. The minimum absolute atomic E-state index is 0.156. The van der Waals surface area contributed by atoms with Gasteiger partial charge in [-0.1, -0.05) is 43.2 Å². The lowest BCUT2D eigenvalue weighted by Gasteiger charge is -2.31. The average Bonchev–Trinajstić information content (AvgIpc) is 3.16. The van der Waals surface area contributed by atoms with E-state index in [2.05, 4.69) is 40.6 Å². The zero-order valence-electron chi connectivity index (χ0n) is 15.8. The number of unbranched alkanes of at least 4 members (excludes halogenated alkanes) is 2. The van der Waals surface area contributed by atoms with Crippen LogP contribution in [0.1, 0.15) is 50.5 Å². The van der Waals surface area contributed by atoms with Crippen LogP contribution in [0.4, 0.5) is 0 Å². The smallest absolute Gasteiger partial charge is 0.330 e. The van der Waals surface area contributed by atoms with Gasteiger partial charge in [-0.2, -0.15) is 0 Å². The van der Waals surface area contributed by atoms with Crippen LogP contribution in [0.25, 0.3) is 0 Å². The van der Waals surface area contributed by atoms with Gasteiger partial charge in [-0.3, -0.25) is 14.3 Å². The molecule has 6 heteroatoms. The molecule has 0 radical (unpaired) electrons. The third-order valence-electron chi connectivity index (χ3n) is 5.34. The first-order valence-corrected chi connectivity index (χ1v) is 9.88. The summed E-state index contributed by atoms with van der Waals surface area (Å²) in [5.41, 5.74) is 0.745. The Labute approximate surface area is 159 Å². The minimum atomic E-state index is -0.436. The highest BCUT2D eigenvalue weighted by Crippen LogP contribution is 2.38. The molecule has 3 rings (SSSR count). The first-order chi connectivity index (χ1) is 13.2. The second-order valence-electron chi connectivity index (χ2n) is 7.26. The van der Waals surface area contributed by atoms with Crippen molar-refractivity contribution in [3.05, 3.63) is 69.0 Å². The molecule has 0 spiro atoms. The molecule has 0 bridgehead atoms. The zero-order valence-corrected chi connectivity index (χ0v) is 15.8. The van der Waals surface area contributed by atoms with Gasteiger partial charge >= 0.3 is 5.69 Å². The van der Waals surface area contributed by atoms with E-state index >= 15 is 0 Å². The highest BCUT2D eigenvalue weighted by atomic mass is 16.5. The summed E-state index contributed by atoms with van der Waals surface area (Å²) >= 11 is 0. The van der Waals surface area contributed by atoms with Crippen LogP contribution in [-0.4, -0.2) is 22.7 Å². The predicted octanol–water partition coefficient (Wildman–Crippen LogP) is 2.74. The van der Waals surface area contributed by atoms with Crippen LogP contribution in [-0.2, 0) is 17.0 Å². The molecule has 1 aliphatic carbocycles. The fourth-order valence-corrected chi connectivity index (χ4v) is 3.85. The molecule has 1 saturated carbocycles. The van der Waals surface area contributed by atoms with Crippen LogP contribution in [0.3, 0.4) is 0 Å². The van der Waals surface area contributed by atoms with E-state index in [1.165, 1.54) is 48.1 Å². The van der Waals surface area contributed by atoms with E-state index < -0.39 is 5.69 Å². The first kappa shape index (κ1) is 19.6. The molecule has 0 atom stereocenters. The number of nitrogens with zero attached hydrogens (tertiary/aromatic N) is 1. The fourth-order valence-electron chi connectivity index (χ4n) is 3.85. The second kappa shape index (κ2) is 9.67. The molecule has 27 heavy (non-hydrogen) atoms. The largest absolute Gasteiger partial charge is 0.361 e. The van der Waals surface area contributed by atoms with Gasteiger partial charge in [0, 0.05) is 24.4 Å². The van der Waals surface area contributed by atoms with Gasteiger partial charge in [0.1, 0.15) is 6.73 Å². The summed E-state index contributed by atoms with van der Waals surface area (Å²) in [6, 6.07) is 12.1. The highest BCUT2D eigenvalue weighted by molar-refractivity contribution is 5.25. The van der Waals surface area contributed by atoms with Crippen molar-refractivity contribution < 1.29 is 4.74 Å². The number of hydrogen-bond donors (Lipinski definition) is 2. The Hall–Kier alpha value is -2.18. The molecule has 146 valence electrons. The standard InChI is InChI=1S/C21H29N3O3/c25-19-11-15-24(20(26)23-19)17-27-16-8-2-7-14-22-21(12-5-6-13-21)18-9-3-1-4-10-18/h1,3-4,9-11,15,22H,2,5-8,12-14,16-17H2,(H,23,25,26). The van der Waals surface area contributed by atoms with Gasteiger partial charge in [-0.05, 0) is 44.2 Å². The molecular weight excluding hydrogens is 342 g/mol. The number of nitrogens with one attached hydrogen (secondary N) is 2. The number of rotatable bonds is 10. The van der Waals surface area contributed by atoms with Crippen LogP contribution in [0.5, 0.6) is 0 Å². The number of benzene rings is 1. The molecule has 1 heterocycles. The molecule has 1 fully saturated rings. The summed E-state index contributed by atoms with van der Waals surface area (Å²) < 4.78 is 6.88. The first-order valence-electron chi connectivity index (χ1n) is 9.88. The average molecular weight is 371 g/mol. The van der Waals surface area contributed by atoms with Gasteiger partial charge in [0.2, 0.25) is 0 Å². The lowest BCUT2D eigenvalue weighted by atomic mass is 9.88. The molecular formula is C21H29N3O3. The summed E-state index contributed by atoms with van der Waals surface area (Å²) in [4.78, 5) is 24.8. The maximum absolute atomic E-state index is 11.5. The van der Waals surface area contributed by atoms with Crippen LogP contribution in [0.15, 0.2) is 52.2 Å². The Kier molecular flexibility index (Phi) is 7.01. The van der Waals surface area contributed by atoms with E-state index in [4.69, 9.17) is 4.74 Å². The van der Waals surface area contributed by atoms with Crippen molar-refractivity contribution in [1.29, 1.82) is 0 Å². The third-order valence-corrected chi connectivity index (χ3v) is 5.34. The molecule has 1 aliphatic rings. The Bertz CT molecular complexity index is 807. The molecule has 0 unspecified atom stereocenters. The molecule has 2 N–H and O–H groups in total. The Balaban J connectivity index is 1.33. The van der Waals surface area contributed by atoms with Crippen molar-refractivity contribution in [2.75, 3.05) is 13.2 Å². The number of aromatic amines is 1. The van der Waals surface area contributed by atoms with Crippen LogP contribution in [0.2, 0.25) is 0 Å². The van der Waals surface area contributed by atoms with Crippen LogP contribution < -0.4 is 16.6 Å². The fraction of sp³-hybridized carbons (Fsp3) is 0.524. The normalized spacial score (nSPS) is 15.9. The van der Waals surface area contributed by atoms with Gasteiger partial charge < -0.3 is 10.1 Å². The Morgan fingerprint density at radius 3 is 2.56 bits per heavy atom. The zero-order chi connectivity index (χ0) is 19.0. The van der Waals surface area contributed by atoms with Crippen molar-refractivity contribution in [3.63, 3.8) is 0 Å². The molecule has 1 aromatic carbocycles. The molecule has 0 amide bonds. The maximum Gasteiger partial charge on any atom is 0.330 e. The SMILES string of the molecule is O=c1ccn(COCCCCCNC2(c3ccccc3)CCCC2)c(=O)[nH]1. The summed E-state index contributed by atoms with van der Waals surface area (Å²) in [7, 11) is 0. The monoisotopic (exact) mass is 371 g/mol. The summed E-state index contributed by atoms with van der Waals surface area (Å²) in [5.74, 6) is 0. The van der Waals surface area contributed by atoms with Gasteiger partial charge in [0.05, 0.1) is 0 Å². The Morgan fingerprint density at radius 1 is 1.04 bits per heavy atom. The highest BCUT2D eigenvalue weighted by Gasteiger charge is 2.34. The predicted molar refractivity (Wildman–Crippen MR) is 106 cm³/mol. The van der Waals surface area contributed by atoms with Crippen LogP contribution >= 0.6 is 0 Å². The molecule has 1 aromatic heterocycles. The topological polar surface area (TPSA) is 76.1 Å². The maximum atomic E-state index is 11.5. The van der Waals surface area contributed by atoms with Crippen molar-refractivity contribution in [2.24, 2.45) is 0 Å². The molecule has 0 saturated heterocycles. The number of aromatic nitrogens is 2. The van der Waals surface area contributed by atoms with Crippen molar-refractivity contribution in [1.82, 2.24) is 14.9 Å².